The van der Waals surface area contributed by atoms with Crippen molar-refractivity contribution in [3.8, 4) is 10.6 Å². The zero-order valence-electron chi connectivity index (χ0n) is 11.1. The number of hydrogen-bond acceptors (Lipinski definition) is 6. The van der Waals surface area contributed by atoms with Crippen molar-refractivity contribution in [1.29, 1.82) is 0 Å². The Labute approximate surface area is 128 Å². The number of nitrogens with zero attached hydrogens (tertiary/aromatic N) is 2. The van der Waals surface area contributed by atoms with Gasteiger partial charge in [-0.15, -0.1) is 11.3 Å². The Bertz CT molecular complexity index is 784. The van der Waals surface area contributed by atoms with E-state index in [4.69, 9.17) is 4.52 Å². The smallest absolute Gasteiger partial charge is 0.291 e. The maximum absolute atomic E-state index is 11.9. The van der Waals surface area contributed by atoms with Crippen LogP contribution in [0.25, 0.3) is 10.6 Å². The van der Waals surface area contributed by atoms with E-state index in [1.165, 1.54) is 29.7 Å². The minimum Gasteiger partial charge on any atom is -0.355 e. The lowest BCUT2D eigenvalue weighted by Gasteiger charge is -2.04. The Morgan fingerprint density at radius 1 is 1.05 bits per heavy atom. The van der Waals surface area contributed by atoms with E-state index in [1.54, 1.807) is 12.1 Å². The fourth-order valence-corrected chi connectivity index (χ4v) is 2.33. The molecule has 22 heavy (non-hydrogen) atoms. The number of rotatable bonds is 3. The Morgan fingerprint density at radius 3 is 2.55 bits per heavy atom. The Hall–Kier alpha value is -3.00. The predicted molar refractivity (Wildman–Crippen MR) is 79.0 cm³/mol. The van der Waals surface area contributed by atoms with Crippen LogP contribution in [0.15, 0.2) is 52.5 Å². The number of pyridine rings is 1. The summed E-state index contributed by atoms with van der Waals surface area (Å²) >= 11 is 1.47. The summed E-state index contributed by atoms with van der Waals surface area (Å²) in [4.78, 5) is 28.4. The van der Waals surface area contributed by atoms with Gasteiger partial charge in [-0.3, -0.25) is 25.4 Å². The van der Waals surface area contributed by atoms with E-state index in [1.807, 2.05) is 17.5 Å². The average Bonchev–Trinajstić information content (AvgIpc) is 3.23. The van der Waals surface area contributed by atoms with Gasteiger partial charge in [0.1, 0.15) is 5.69 Å². The Kier molecular flexibility index (Phi) is 3.92. The molecule has 0 unspecified atom stereocenters. The highest BCUT2D eigenvalue weighted by atomic mass is 32.1. The first-order valence-corrected chi connectivity index (χ1v) is 7.14. The molecule has 110 valence electrons. The molecule has 0 saturated carbocycles. The summed E-state index contributed by atoms with van der Waals surface area (Å²) in [6.07, 6.45) is 1.49. The number of amides is 2. The number of aromatic nitrogens is 2. The van der Waals surface area contributed by atoms with E-state index in [0.717, 1.165) is 4.88 Å². The molecule has 0 radical (unpaired) electrons. The minimum atomic E-state index is -0.573. The van der Waals surface area contributed by atoms with Crippen LogP contribution in [-0.4, -0.2) is 22.0 Å². The summed E-state index contributed by atoms with van der Waals surface area (Å²) in [5.74, 6) is -0.594. The van der Waals surface area contributed by atoms with Crippen LogP contribution in [0.3, 0.4) is 0 Å². The molecule has 3 aromatic rings. The van der Waals surface area contributed by atoms with Gasteiger partial charge in [0.2, 0.25) is 0 Å². The van der Waals surface area contributed by atoms with Crippen LogP contribution in [0.1, 0.15) is 21.0 Å². The first kappa shape index (κ1) is 14.0. The van der Waals surface area contributed by atoms with Gasteiger partial charge in [0.15, 0.2) is 11.5 Å². The van der Waals surface area contributed by atoms with Gasteiger partial charge in [0, 0.05) is 12.3 Å². The summed E-state index contributed by atoms with van der Waals surface area (Å²) in [6, 6.07) is 10.1. The second-order valence-corrected chi connectivity index (χ2v) is 5.12. The van der Waals surface area contributed by atoms with Crippen LogP contribution >= 0.6 is 11.3 Å². The fraction of sp³-hybridized carbons (Fsp3) is 0. The predicted octanol–water partition coefficient (Wildman–Crippen LogP) is 1.87. The Balaban J connectivity index is 1.62. The van der Waals surface area contributed by atoms with Crippen LogP contribution in [0.5, 0.6) is 0 Å². The SMILES string of the molecule is O=C(NNC(=O)c1cc(-c2cccs2)on1)c1ccccn1. The second kappa shape index (κ2) is 6.19. The van der Waals surface area contributed by atoms with Gasteiger partial charge >= 0.3 is 0 Å². The molecular weight excluding hydrogens is 304 g/mol. The van der Waals surface area contributed by atoms with Gasteiger partial charge in [0.05, 0.1) is 4.88 Å². The Morgan fingerprint density at radius 2 is 1.86 bits per heavy atom. The van der Waals surface area contributed by atoms with E-state index in [2.05, 4.69) is 21.0 Å². The van der Waals surface area contributed by atoms with Crippen LogP contribution in [-0.2, 0) is 0 Å². The average molecular weight is 314 g/mol. The minimum absolute atomic E-state index is 0.0738. The van der Waals surface area contributed by atoms with Crippen LogP contribution in [0, 0.1) is 0 Å². The van der Waals surface area contributed by atoms with E-state index in [0.29, 0.717) is 5.76 Å². The highest BCUT2D eigenvalue weighted by Gasteiger charge is 2.15. The molecule has 3 aromatic heterocycles. The normalized spacial score (nSPS) is 10.2. The number of nitrogens with one attached hydrogen (secondary N) is 2. The van der Waals surface area contributed by atoms with Gasteiger partial charge in [-0.05, 0) is 23.6 Å². The molecule has 0 aliphatic rings. The molecule has 0 spiro atoms. The lowest BCUT2D eigenvalue weighted by atomic mass is 10.3. The molecule has 0 fully saturated rings. The largest absolute Gasteiger partial charge is 0.355 e. The highest BCUT2D eigenvalue weighted by molar-refractivity contribution is 7.13. The fourth-order valence-electron chi connectivity index (χ4n) is 1.66. The molecule has 8 heteroatoms. The van der Waals surface area contributed by atoms with Crippen molar-refractivity contribution in [3.05, 3.63) is 59.4 Å². The molecule has 3 rings (SSSR count). The summed E-state index contributed by atoms with van der Waals surface area (Å²) < 4.78 is 5.10. The van der Waals surface area contributed by atoms with Gasteiger partial charge < -0.3 is 4.52 Å². The number of hydrazine groups is 1. The number of carbonyl (C=O) groups is 2. The van der Waals surface area contributed by atoms with E-state index < -0.39 is 11.8 Å². The monoisotopic (exact) mass is 314 g/mol. The first-order valence-electron chi connectivity index (χ1n) is 6.26. The summed E-state index contributed by atoms with van der Waals surface area (Å²) in [5.41, 5.74) is 4.79. The van der Waals surface area contributed by atoms with Crippen molar-refractivity contribution in [2.75, 3.05) is 0 Å². The maximum Gasteiger partial charge on any atom is 0.291 e. The quantitative estimate of drug-likeness (QED) is 0.719. The van der Waals surface area contributed by atoms with Crippen molar-refractivity contribution in [3.63, 3.8) is 0 Å². The van der Waals surface area contributed by atoms with Crippen LogP contribution < -0.4 is 10.9 Å². The summed E-state index contributed by atoms with van der Waals surface area (Å²) in [5, 5.41) is 5.57. The zero-order valence-corrected chi connectivity index (χ0v) is 12.0. The molecule has 0 saturated heterocycles. The van der Waals surface area contributed by atoms with Gasteiger partial charge in [0.25, 0.3) is 11.8 Å². The molecule has 0 aliphatic carbocycles. The third-order valence-electron chi connectivity index (χ3n) is 2.69. The third-order valence-corrected chi connectivity index (χ3v) is 3.58. The number of thiophene rings is 1. The van der Waals surface area contributed by atoms with Crippen LogP contribution in [0.4, 0.5) is 0 Å². The maximum atomic E-state index is 11.9. The lowest BCUT2D eigenvalue weighted by molar-refractivity contribution is 0.0839. The first-order chi connectivity index (χ1) is 10.7. The number of carbonyl (C=O) groups excluding carboxylic acids is 2. The van der Waals surface area contributed by atoms with Gasteiger partial charge in [-0.2, -0.15) is 0 Å². The van der Waals surface area contributed by atoms with E-state index in [9.17, 15) is 9.59 Å². The second-order valence-electron chi connectivity index (χ2n) is 4.18. The molecule has 0 bridgehead atoms. The molecule has 3 heterocycles. The molecule has 2 N–H and O–H groups in total. The molecule has 7 nitrogen and oxygen atoms in total. The lowest BCUT2D eigenvalue weighted by Crippen LogP contribution is -2.42. The molecular formula is C14H10N4O3S. The van der Waals surface area contributed by atoms with Crippen molar-refractivity contribution in [2.24, 2.45) is 0 Å². The highest BCUT2D eigenvalue weighted by Crippen LogP contribution is 2.24. The zero-order chi connectivity index (χ0) is 15.4. The van der Waals surface area contributed by atoms with E-state index >= 15 is 0 Å². The third kappa shape index (κ3) is 3.01. The van der Waals surface area contributed by atoms with Crippen molar-refractivity contribution < 1.29 is 14.1 Å². The van der Waals surface area contributed by atoms with Crippen LogP contribution in [0.2, 0.25) is 0 Å². The summed E-state index contributed by atoms with van der Waals surface area (Å²) in [7, 11) is 0. The molecule has 0 aliphatic heterocycles. The van der Waals surface area contributed by atoms with Crippen molar-refractivity contribution in [2.45, 2.75) is 0 Å². The number of hydrogen-bond donors (Lipinski definition) is 2. The standard InChI is InChI=1S/C14H10N4O3S/c19-13(9-4-1-2-6-15-9)16-17-14(20)10-8-11(21-18-10)12-5-3-7-22-12/h1-8H,(H,16,19)(H,17,20). The topological polar surface area (TPSA) is 97.1 Å². The van der Waals surface area contributed by atoms with Crippen molar-refractivity contribution >= 4 is 23.2 Å². The van der Waals surface area contributed by atoms with E-state index in [-0.39, 0.29) is 11.4 Å². The molecule has 2 amide bonds. The van der Waals surface area contributed by atoms with Gasteiger partial charge in [-0.25, -0.2) is 0 Å². The molecule has 0 aromatic carbocycles. The summed E-state index contributed by atoms with van der Waals surface area (Å²) in [6.45, 7) is 0. The molecule has 0 atom stereocenters. The van der Waals surface area contributed by atoms with Gasteiger partial charge in [-0.1, -0.05) is 17.3 Å². The van der Waals surface area contributed by atoms with Crippen molar-refractivity contribution in [1.82, 2.24) is 21.0 Å².